The molecule has 1 N–H and O–H groups in total. The number of nitrogens with one attached hydrogen (secondary N) is 1. The summed E-state index contributed by atoms with van der Waals surface area (Å²) in [5.74, 6) is 2.50. The van der Waals surface area contributed by atoms with Gasteiger partial charge in [0, 0.05) is 24.4 Å². The van der Waals surface area contributed by atoms with Gasteiger partial charge in [0.15, 0.2) is 0 Å². The molecule has 4 heteroatoms. The second kappa shape index (κ2) is 7.98. The van der Waals surface area contributed by atoms with Crippen LogP contribution in [-0.4, -0.2) is 15.7 Å². The fraction of sp³-hybridized carbons (Fsp3) is 0.143. The minimum absolute atomic E-state index is 0.130. The van der Waals surface area contributed by atoms with Crippen LogP contribution < -0.4 is 5.32 Å². The first-order valence-electron chi connectivity index (χ1n) is 8.12. The quantitative estimate of drug-likeness (QED) is 0.704. The number of carbonyl (C=O) groups is 1. The number of benzene rings is 2. The van der Waals surface area contributed by atoms with Crippen molar-refractivity contribution in [3.63, 3.8) is 0 Å². The van der Waals surface area contributed by atoms with Gasteiger partial charge in [-0.1, -0.05) is 42.5 Å². The third-order valence-corrected chi connectivity index (χ3v) is 3.95. The number of amides is 1. The number of aromatic nitrogens is 2. The van der Waals surface area contributed by atoms with E-state index < -0.39 is 0 Å². The van der Waals surface area contributed by atoms with Gasteiger partial charge in [-0.2, -0.15) is 5.10 Å². The Hall–Kier alpha value is -3.32. The van der Waals surface area contributed by atoms with Crippen molar-refractivity contribution in [2.45, 2.75) is 19.0 Å². The molecule has 1 atom stereocenters. The summed E-state index contributed by atoms with van der Waals surface area (Å²) in [7, 11) is 0. The van der Waals surface area contributed by atoms with Gasteiger partial charge >= 0.3 is 0 Å². The van der Waals surface area contributed by atoms with E-state index >= 15 is 0 Å². The molecule has 4 nitrogen and oxygen atoms in total. The normalized spacial score (nSPS) is 11.5. The van der Waals surface area contributed by atoms with E-state index in [0.717, 1.165) is 11.1 Å². The molecule has 124 valence electrons. The van der Waals surface area contributed by atoms with Crippen molar-refractivity contribution in [3.8, 4) is 12.3 Å². The molecule has 0 aliphatic rings. The predicted octanol–water partition coefficient (Wildman–Crippen LogP) is 3.43. The Morgan fingerprint density at radius 1 is 1.12 bits per heavy atom. The predicted molar refractivity (Wildman–Crippen MR) is 97.9 cm³/mol. The molecule has 0 aliphatic heterocycles. The lowest BCUT2D eigenvalue weighted by molar-refractivity contribution is 0.0937. The number of terminal acetylenes is 1. The Labute approximate surface area is 147 Å². The Morgan fingerprint density at radius 2 is 1.88 bits per heavy atom. The first-order valence-corrected chi connectivity index (χ1v) is 8.12. The molecule has 2 aromatic carbocycles. The van der Waals surface area contributed by atoms with Gasteiger partial charge in [0.25, 0.3) is 5.91 Å². The summed E-state index contributed by atoms with van der Waals surface area (Å²) in [6.07, 6.45) is 9.56. The van der Waals surface area contributed by atoms with Crippen molar-refractivity contribution < 1.29 is 4.79 Å². The molecule has 0 fully saturated rings. The second-order valence-corrected chi connectivity index (χ2v) is 5.75. The molecule has 0 saturated heterocycles. The van der Waals surface area contributed by atoms with Gasteiger partial charge in [-0.15, -0.1) is 12.3 Å². The van der Waals surface area contributed by atoms with Crippen LogP contribution in [0.25, 0.3) is 0 Å². The third kappa shape index (κ3) is 4.36. The highest BCUT2D eigenvalue weighted by Crippen LogP contribution is 2.17. The fourth-order valence-electron chi connectivity index (χ4n) is 2.64. The lowest BCUT2D eigenvalue weighted by Gasteiger charge is -2.17. The average Bonchev–Trinajstić information content (AvgIpc) is 3.15. The molecule has 1 heterocycles. The van der Waals surface area contributed by atoms with Gasteiger partial charge in [0.05, 0.1) is 12.6 Å². The Morgan fingerprint density at radius 3 is 2.52 bits per heavy atom. The summed E-state index contributed by atoms with van der Waals surface area (Å²) in [5, 5.41) is 7.20. The molecule has 0 saturated carbocycles. The molecule has 0 bridgehead atoms. The van der Waals surface area contributed by atoms with Crippen LogP contribution in [0.1, 0.15) is 33.9 Å². The number of carbonyl (C=O) groups excluding carboxylic acids is 1. The van der Waals surface area contributed by atoms with Gasteiger partial charge in [0.1, 0.15) is 0 Å². The standard InChI is InChI=1S/C21H19N3O/c1-2-7-20(18-8-4-3-5-9-18)23-21(25)19-12-10-17(11-13-19)16-24-15-6-14-22-24/h1,3-6,8-15,20H,7,16H2,(H,23,25)/t20-/m1/s1. The van der Waals surface area contributed by atoms with Crippen LogP contribution in [0.2, 0.25) is 0 Å². The summed E-state index contributed by atoms with van der Waals surface area (Å²) < 4.78 is 1.84. The minimum atomic E-state index is -0.192. The van der Waals surface area contributed by atoms with Crippen LogP contribution in [0.5, 0.6) is 0 Å². The van der Waals surface area contributed by atoms with Crippen LogP contribution in [0, 0.1) is 12.3 Å². The van der Waals surface area contributed by atoms with Crippen molar-refractivity contribution in [1.82, 2.24) is 15.1 Å². The third-order valence-electron chi connectivity index (χ3n) is 3.95. The van der Waals surface area contributed by atoms with Gasteiger partial charge in [-0.3, -0.25) is 9.48 Å². The molecule has 0 unspecified atom stereocenters. The molecule has 1 aromatic heterocycles. The molecule has 1 amide bonds. The number of hydrogen-bond acceptors (Lipinski definition) is 2. The number of hydrogen-bond donors (Lipinski definition) is 1. The van der Waals surface area contributed by atoms with E-state index in [9.17, 15) is 4.79 Å². The zero-order chi connectivity index (χ0) is 17.5. The molecule has 0 spiro atoms. The first kappa shape index (κ1) is 16.5. The second-order valence-electron chi connectivity index (χ2n) is 5.75. The highest BCUT2D eigenvalue weighted by Gasteiger charge is 2.14. The summed E-state index contributed by atoms with van der Waals surface area (Å²) in [6.45, 7) is 0.679. The maximum absolute atomic E-state index is 12.5. The van der Waals surface area contributed by atoms with Gasteiger partial charge in [-0.25, -0.2) is 0 Å². The van der Waals surface area contributed by atoms with Gasteiger partial charge < -0.3 is 5.32 Å². The molecule has 25 heavy (non-hydrogen) atoms. The summed E-state index contributed by atoms with van der Waals surface area (Å²) in [6, 6.07) is 19.0. The Balaban J connectivity index is 1.68. The minimum Gasteiger partial charge on any atom is -0.344 e. The summed E-state index contributed by atoms with van der Waals surface area (Å²) in [4.78, 5) is 12.5. The van der Waals surface area contributed by atoms with E-state index in [-0.39, 0.29) is 11.9 Å². The van der Waals surface area contributed by atoms with Crippen molar-refractivity contribution in [3.05, 3.63) is 89.7 Å². The largest absolute Gasteiger partial charge is 0.344 e. The number of nitrogens with zero attached hydrogens (tertiary/aromatic N) is 2. The molecule has 0 aliphatic carbocycles. The van der Waals surface area contributed by atoms with Crippen LogP contribution in [0.3, 0.4) is 0 Å². The molecule has 3 aromatic rings. The lowest BCUT2D eigenvalue weighted by Crippen LogP contribution is -2.28. The van der Waals surface area contributed by atoms with Crippen molar-refractivity contribution in [2.75, 3.05) is 0 Å². The van der Waals surface area contributed by atoms with Crippen LogP contribution >= 0.6 is 0 Å². The van der Waals surface area contributed by atoms with Crippen LogP contribution in [0.4, 0.5) is 0 Å². The molecular formula is C21H19N3O. The molecular weight excluding hydrogens is 310 g/mol. The zero-order valence-corrected chi connectivity index (χ0v) is 13.8. The van der Waals surface area contributed by atoms with Crippen molar-refractivity contribution in [1.29, 1.82) is 0 Å². The van der Waals surface area contributed by atoms with Crippen molar-refractivity contribution in [2.24, 2.45) is 0 Å². The van der Waals surface area contributed by atoms with Crippen LogP contribution in [-0.2, 0) is 6.54 Å². The van der Waals surface area contributed by atoms with E-state index in [0.29, 0.717) is 18.5 Å². The van der Waals surface area contributed by atoms with Gasteiger partial charge in [0.2, 0.25) is 0 Å². The molecule has 3 rings (SSSR count). The highest BCUT2D eigenvalue weighted by atomic mass is 16.1. The monoisotopic (exact) mass is 329 g/mol. The maximum Gasteiger partial charge on any atom is 0.251 e. The first-order chi connectivity index (χ1) is 12.3. The number of rotatable bonds is 6. The van der Waals surface area contributed by atoms with Gasteiger partial charge in [-0.05, 0) is 29.3 Å². The van der Waals surface area contributed by atoms with Crippen molar-refractivity contribution >= 4 is 5.91 Å². The SMILES string of the molecule is C#CC[C@@H](NC(=O)c1ccc(Cn2cccn2)cc1)c1ccccc1. The Kier molecular flexibility index (Phi) is 5.28. The van der Waals surface area contributed by atoms with E-state index in [1.54, 1.807) is 6.20 Å². The lowest BCUT2D eigenvalue weighted by atomic mass is 10.0. The van der Waals surface area contributed by atoms with Crippen LogP contribution in [0.15, 0.2) is 73.1 Å². The topological polar surface area (TPSA) is 46.9 Å². The van der Waals surface area contributed by atoms with E-state index in [1.165, 1.54) is 0 Å². The molecule has 0 radical (unpaired) electrons. The van der Waals surface area contributed by atoms with E-state index in [2.05, 4.69) is 16.3 Å². The highest BCUT2D eigenvalue weighted by molar-refractivity contribution is 5.94. The summed E-state index contributed by atoms with van der Waals surface area (Å²) >= 11 is 0. The fourth-order valence-corrected chi connectivity index (χ4v) is 2.64. The smallest absolute Gasteiger partial charge is 0.251 e. The zero-order valence-electron chi connectivity index (χ0n) is 13.8. The Bertz CT molecular complexity index is 846. The van der Waals surface area contributed by atoms with E-state index in [4.69, 9.17) is 6.42 Å². The average molecular weight is 329 g/mol. The maximum atomic E-state index is 12.5. The summed E-state index contributed by atoms with van der Waals surface area (Å²) in [5.41, 5.74) is 2.70. The van der Waals surface area contributed by atoms with E-state index in [1.807, 2.05) is 71.5 Å².